The number of anilines is 3. The zero-order chi connectivity index (χ0) is 16.8. The first-order chi connectivity index (χ1) is 11.0. The third-order valence-electron chi connectivity index (χ3n) is 3.52. The van der Waals surface area contributed by atoms with Gasteiger partial charge in [-0.15, -0.1) is 0 Å². The Morgan fingerprint density at radius 1 is 1.13 bits per heavy atom. The number of nitrogens with one attached hydrogen (secondary N) is 2. The number of aromatic nitrogens is 2. The lowest BCUT2D eigenvalue weighted by Gasteiger charge is -2.19. The number of hydrogen-bond acceptors (Lipinski definition) is 5. The molecule has 0 saturated carbocycles. The van der Waals surface area contributed by atoms with E-state index in [2.05, 4.69) is 66.5 Å². The summed E-state index contributed by atoms with van der Waals surface area (Å²) in [7, 11) is 0. The zero-order valence-electron chi connectivity index (χ0n) is 14.4. The molecule has 1 heterocycles. The van der Waals surface area contributed by atoms with Crippen LogP contribution in [0.3, 0.4) is 0 Å². The van der Waals surface area contributed by atoms with E-state index < -0.39 is 0 Å². The molecule has 0 unspecified atom stereocenters. The Morgan fingerprint density at radius 3 is 2.43 bits per heavy atom. The number of nitrogens with two attached hydrogens (primary N) is 1. The molecule has 1 atom stereocenters. The summed E-state index contributed by atoms with van der Waals surface area (Å²) >= 11 is 0. The summed E-state index contributed by atoms with van der Waals surface area (Å²) in [6.45, 7) is 9.11. The molecule has 1 aromatic heterocycles. The second-order valence-corrected chi connectivity index (χ2v) is 6.47. The lowest BCUT2D eigenvalue weighted by Crippen LogP contribution is -2.31. The second-order valence-electron chi connectivity index (χ2n) is 6.47. The van der Waals surface area contributed by atoms with Gasteiger partial charge in [0, 0.05) is 24.5 Å². The molecule has 124 valence electrons. The number of aryl methyl sites for hydroxylation is 2. The van der Waals surface area contributed by atoms with Gasteiger partial charge >= 0.3 is 0 Å². The minimum atomic E-state index is 0.187. The van der Waals surface area contributed by atoms with E-state index >= 15 is 0 Å². The summed E-state index contributed by atoms with van der Waals surface area (Å²) in [4.78, 5) is 8.83. The van der Waals surface area contributed by atoms with Crippen LogP contribution >= 0.6 is 0 Å². The van der Waals surface area contributed by atoms with E-state index in [9.17, 15) is 0 Å². The van der Waals surface area contributed by atoms with E-state index in [0.29, 0.717) is 18.4 Å². The monoisotopic (exact) mass is 313 g/mol. The van der Waals surface area contributed by atoms with E-state index in [0.717, 1.165) is 17.9 Å². The van der Waals surface area contributed by atoms with Gasteiger partial charge in [-0.25, -0.2) is 4.98 Å². The van der Waals surface area contributed by atoms with Crippen molar-refractivity contribution >= 4 is 17.5 Å². The van der Waals surface area contributed by atoms with Gasteiger partial charge in [0.25, 0.3) is 0 Å². The molecule has 1 aromatic carbocycles. The van der Waals surface area contributed by atoms with Crippen LogP contribution < -0.4 is 16.4 Å². The number of benzene rings is 1. The van der Waals surface area contributed by atoms with Gasteiger partial charge < -0.3 is 16.4 Å². The Labute approximate surface area is 138 Å². The topological polar surface area (TPSA) is 75.9 Å². The maximum Gasteiger partial charge on any atom is 0.224 e. The molecule has 5 heteroatoms. The molecule has 0 radical (unpaired) electrons. The largest absolute Gasteiger partial charge is 0.350 e. The highest BCUT2D eigenvalue weighted by atomic mass is 15.2. The van der Waals surface area contributed by atoms with Crippen LogP contribution in [0.4, 0.5) is 17.5 Å². The van der Waals surface area contributed by atoms with Gasteiger partial charge in [0.05, 0.1) is 0 Å². The van der Waals surface area contributed by atoms with Crippen LogP contribution in [0.1, 0.15) is 31.4 Å². The fourth-order valence-corrected chi connectivity index (χ4v) is 2.66. The quantitative estimate of drug-likeness (QED) is 0.728. The van der Waals surface area contributed by atoms with Gasteiger partial charge in [0.15, 0.2) is 0 Å². The molecule has 23 heavy (non-hydrogen) atoms. The molecule has 0 amide bonds. The highest BCUT2D eigenvalue weighted by molar-refractivity contribution is 5.58. The highest BCUT2D eigenvalue weighted by Gasteiger charge is 2.10. The number of hydrogen-bond donors (Lipinski definition) is 3. The number of rotatable bonds is 7. The maximum atomic E-state index is 5.83. The predicted molar refractivity (Wildman–Crippen MR) is 97.2 cm³/mol. The van der Waals surface area contributed by atoms with Crippen LogP contribution in [0.5, 0.6) is 0 Å². The van der Waals surface area contributed by atoms with Crippen molar-refractivity contribution in [1.29, 1.82) is 0 Å². The van der Waals surface area contributed by atoms with E-state index in [4.69, 9.17) is 5.73 Å². The van der Waals surface area contributed by atoms with Crippen LogP contribution in [-0.2, 0) is 0 Å². The van der Waals surface area contributed by atoms with Crippen LogP contribution in [0.15, 0.2) is 30.5 Å². The van der Waals surface area contributed by atoms with Crippen molar-refractivity contribution in [2.75, 3.05) is 17.2 Å². The van der Waals surface area contributed by atoms with Gasteiger partial charge in [-0.2, -0.15) is 4.98 Å². The number of nitrogens with zero attached hydrogens (tertiary/aromatic N) is 2. The fraction of sp³-hybridized carbons (Fsp3) is 0.444. The molecular formula is C18H27N5. The molecular weight excluding hydrogens is 286 g/mol. The molecule has 2 rings (SSSR count). The second kappa shape index (κ2) is 7.92. The van der Waals surface area contributed by atoms with Crippen LogP contribution in [0.2, 0.25) is 0 Å². The highest BCUT2D eigenvalue weighted by Crippen LogP contribution is 2.19. The summed E-state index contributed by atoms with van der Waals surface area (Å²) in [5.41, 5.74) is 9.31. The Hall–Kier alpha value is -2.14. The standard InChI is InChI=1S/C18H27N5/c1-12(2)7-16(11-19)22-18-20-6-5-17(23-18)21-15-9-13(3)8-14(4)10-15/h5-6,8-10,12,16H,7,11,19H2,1-4H3,(H2,20,21,22,23)/t16-/m1/s1. The third-order valence-corrected chi connectivity index (χ3v) is 3.52. The predicted octanol–water partition coefficient (Wildman–Crippen LogP) is 3.62. The van der Waals surface area contributed by atoms with Gasteiger partial charge in [0.1, 0.15) is 5.82 Å². The molecule has 0 aliphatic rings. The molecule has 0 fully saturated rings. The average molecular weight is 313 g/mol. The normalized spacial score (nSPS) is 12.3. The van der Waals surface area contributed by atoms with Crippen LogP contribution in [0, 0.1) is 19.8 Å². The van der Waals surface area contributed by atoms with Crippen LogP contribution in [-0.4, -0.2) is 22.6 Å². The summed E-state index contributed by atoms with van der Waals surface area (Å²) in [6, 6.07) is 8.40. The smallest absolute Gasteiger partial charge is 0.224 e. The van der Waals surface area contributed by atoms with Gasteiger partial charge in [-0.1, -0.05) is 19.9 Å². The zero-order valence-corrected chi connectivity index (χ0v) is 14.4. The molecule has 0 bridgehead atoms. The molecule has 0 aliphatic carbocycles. The summed E-state index contributed by atoms with van der Waals surface area (Å²) in [5.74, 6) is 1.95. The Kier molecular flexibility index (Phi) is 5.93. The van der Waals surface area contributed by atoms with Crippen molar-refractivity contribution < 1.29 is 0 Å². The molecule has 2 aromatic rings. The van der Waals surface area contributed by atoms with Gasteiger partial charge in [-0.3, -0.25) is 0 Å². The SMILES string of the molecule is Cc1cc(C)cc(Nc2ccnc(N[C@@H](CN)CC(C)C)n2)c1. The molecule has 4 N–H and O–H groups in total. The van der Waals surface area contributed by atoms with Gasteiger partial charge in [-0.05, 0) is 55.5 Å². The Morgan fingerprint density at radius 2 is 1.83 bits per heavy atom. The molecule has 0 saturated heterocycles. The van der Waals surface area contributed by atoms with E-state index in [1.807, 2.05) is 6.07 Å². The maximum absolute atomic E-state index is 5.83. The Balaban J connectivity index is 2.10. The average Bonchev–Trinajstić information content (AvgIpc) is 2.45. The van der Waals surface area contributed by atoms with E-state index in [-0.39, 0.29) is 6.04 Å². The lowest BCUT2D eigenvalue weighted by atomic mass is 10.0. The lowest BCUT2D eigenvalue weighted by molar-refractivity contribution is 0.520. The van der Waals surface area contributed by atoms with E-state index in [1.165, 1.54) is 11.1 Å². The van der Waals surface area contributed by atoms with Crippen molar-refractivity contribution in [3.05, 3.63) is 41.6 Å². The van der Waals surface area contributed by atoms with Crippen molar-refractivity contribution in [3.8, 4) is 0 Å². The first-order valence-corrected chi connectivity index (χ1v) is 8.11. The molecule has 0 aliphatic heterocycles. The minimum Gasteiger partial charge on any atom is -0.350 e. The molecule has 0 spiro atoms. The van der Waals surface area contributed by atoms with Gasteiger partial charge in [0.2, 0.25) is 5.95 Å². The summed E-state index contributed by atoms with van der Waals surface area (Å²) in [6.07, 6.45) is 2.75. The first-order valence-electron chi connectivity index (χ1n) is 8.11. The van der Waals surface area contributed by atoms with Crippen molar-refractivity contribution in [2.45, 2.75) is 40.2 Å². The Bertz CT molecular complexity index is 619. The van der Waals surface area contributed by atoms with Crippen molar-refractivity contribution in [3.63, 3.8) is 0 Å². The summed E-state index contributed by atoms with van der Waals surface area (Å²) in [5, 5.41) is 6.66. The fourth-order valence-electron chi connectivity index (χ4n) is 2.66. The van der Waals surface area contributed by atoms with Crippen molar-refractivity contribution in [2.24, 2.45) is 11.7 Å². The third kappa shape index (κ3) is 5.53. The summed E-state index contributed by atoms with van der Waals surface area (Å²) < 4.78 is 0. The van der Waals surface area contributed by atoms with E-state index in [1.54, 1.807) is 6.20 Å². The minimum absolute atomic E-state index is 0.187. The van der Waals surface area contributed by atoms with Crippen molar-refractivity contribution in [1.82, 2.24) is 9.97 Å². The first kappa shape index (κ1) is 17.2. The molecule has 5 nitrogen and oxygen atoms in total. The van der Waals surface area contributed by atoms with Crippen LogP contribution in [0.25, 0.3) is 0 Å².